The van der Waals surface area contributed by atoms with Crippen molar-refractivity contribution >= 4 is 5.78 Å². The molecule has 4 rings (SSSR count). The molecule has 0 saturated heterocycles. The zero-order chi connectivity index (χ0) is 13.6. The van der Waals surface area contributed by atoms with Crippen molar-refractivity contribution in [2.75, 3.05) is 0 Å². The van der Waals surface area contributed by atoms with Crippen LogP contribution in [0.1, 0.15) is 17.5 Å². The Hall–Kier alpha value is -2.15. The monoisotopic (exact) mass is 260 g/mol. The molecule has 0 aromatic heterocycles. The van der Waals surface area contributed by atoms with E-state index >= 15 is 0 Å². The molecular weight excluding hydrogens is 244 g/mol. The van der Waals surface area contributed by atoms with Crippen molar-refractivity contribution < 1.29 is 4.79 Å². The molecule has 1 fully saturated rings. The average molecular weight is 260 g/mol. The molecule has 2 aliphatic carbocycles. The van der Waals surface area contributed by atoms with Gasteiger partial charge in [-0.3, -0.25) is 4.79 Å². The fraction of sp³-hybridized carbons (Fsp3) is 0.211. The van der Waals surface area contributed by atoms with E-state index < -0.39 is 5.41 Å². The van der Waals surface area contributed by atoms with E-state index in [2.05, 4.69) is 36.4 Å². The maximum absolute atomic E-state index is 12.9. The second-order valence-corrected chi connectivity index (χ2v) is 5.70. The van der Waals surface area contributed by atoms with E-state index in [1.54, 1.807) is 0 Å². The minimum Gasteiger partial charge on any atom is -0.298 e. The minimum absolute atomic E-state index is 0.190. The van der Waals surface area contributed by atoms with Crippen LogP contribution in [-0.4, -0.2) is 5.78 Å². The van der Waals surface area contributed by atoms with Gasteiger partial charge in [0.05, 0.1) is 5.41 Å². The second kappa shape index (κ2) is 4.17. The first-order valence-electron chi connectivity index (χ1n) is 7.17. The predicted octanol–water partition coefficient (Wildman–Crippen LogP) is 3.75. The first-order valence-corrected chi connectivity index (χ1v) is 7.17. The Morgan fingerprint density at radius 1 is 0.850 bits per heavy atom. The molecule has 0 spiro atoms. The van der Waals surface area contributed by atoms with Crippen LogP contribution in [0.25, 0.3) is 0 Å². The van der Waals surface area contributed by atoms with Crippen LogP contribution in [0, 0.1) is 11.8 Å². The summed E-state index contributed by atoms with van der Waals surface area (Å²) in [6.07, 6.45) is 5.32. The lowest BCUT2D eigenvalue weighted by Crippen LogP contribution is -2.59. The third-order valence-corrected chi connectivity index (χ3v) is 4.85. The van der Waals surface area contributed by atoms with E-state index in [-0.39, 0.29) is 5.92 Å². The van der Waals surface area contributed by atoms with Crippen LogP contribution < -0.4 is 0 Å². The fourth-order valence-electron chi connectivity index (χ4n) is 3.97. The van der Waals surface area contributed by atoms with Gasteiger partial charge >= 0.3 is 0 Å². The normalized spacial score (nSPS) is 26.1. The van der Waals surface area contributed by atoms with Gasteiger partial charge in [-0.15, -0.1) is 0 Å². The number of ketones is 1. The molecule has 1 heteroatoms. The molecule has 1 nitrogen and oxygen atoms in total. The number of allylic oxidation sites excluding steroid dienone is 2. The number of fused-ring (bicyclic) bond motifs is 1. The molecule has 0 heterocycles. The van der Waals surface area contributed by atoms with Crippen LogP contribution in [-0.2, 0) is 10.2 Å². The summed E-state index contributed by atoms with van der Waals surface area (Å²) in [5.41, 5.74) is 1.80. The van der Waals surface area contributed by atoms with E-state index in [1.165, 1.54) is 0 Å². The quantitative estimate of drug-likeness (QED) is 0.752. The second-order valence-electron chi connectivity index (χ2n) is 5.70. The van der Waals surface area contributed by atoms with Gasteiger partial charge in [0.1, 0.15) is 0 Å². The van der Waals surface area contributed by atoms with Gasteiger partial charge in [-0.25, -0.2) is 0 Å². The highest BCUT2D eigenvalue weighted by molar-refractivity contribution is 6.03. The number of hydrogen-bond donors (Lipinski definition) is 0. The van der Waals surface area contributed by atoms with Crippen LogP contribution in [0.3, 0.4) is 0 Å². The van der Waals surface area contributed by atoms with Gasteiger partial charge in [0.25, 0.3) is 0 Å². The summed E-state index contributed by atoms with van der Waals surface area (Å²) in [5.74, 6) is 0.889. The van der Waals surface area contributed by atoms with Crippen molar-refractivity contribution in [2.24, 2.45) is 11.8 Å². The van der Waals surface area contributed by atoms with Crippen molar-refractivity contribution in [3.8, 4) is 0 Å². The van der Waals surface area contributed by atoms with Crippen LogP contribution in [0.2, 0.25) is 0 Å². The van der Waals surface area contributed by atoms with Gasteiger partial charge in [-0.05, 0) is 17.5 Å². The summed E-state index contributed by atoms with van der Waals surface area (Å²) in [5, 5.41) is 0. The van der Waals surface area contributed by atoms with Crippen LogP contribution >= 0.6 is 0 Å². The highest BCUT2D eigenvalue weighted by Gasteiger charge is 2.63. The Kier molecular flexibility index (Phi) is 2.43. The summed E-state index contributed by atoms with van der Waals surface area (Å²) < 4.78 is 0. The van der Waals surface area contributed by atoms with E-state index in [4.69, 9.17) is 0 Å². The Balaban J connectivity index is 1.95. The fourth-order valence-corrected chi connectivity index (χ4v) is 3.97. The van der Waals surface area contributed by atoms with Crippen LogP contribution in [0.4, 0.5) is 0 Å². The molecule has 98 valence electrons. The third-order valence-electron chi connectivity index (χ3n) is 4.85. The molecule has 0 N–H and O–H groups in total. The highest BCUT2D eigenvalue weighted by atomic mass is 16.1. The van der Waals surface area contributed by atoms with E-state index in [9.17, 15) is 4.79 Å². The Morgan fingerprint density at radius 2 is 1.40 bits per heavy atom. The van der Waals surface area contributed by atoms with Gasteiger partial charge in [-0.2, -0.15) is 0 Å². The number of rotatable bonds is 2. The maximum Gasteiger partial charge on any atom is 0.152 e. The first kappa shape index (κ1) is 11.7. The lowest BCUT2D eigenvalue weighted by Gasteiger charge is -2.51. The molecule has 0 radical (unpaired) electrons. The standard InChI is InChI=1S/C19H16O/c20-18-16-12-7-13-17(16)19(18,14-8-3-1-4-9-14)15-10-5-2-6-11-15/h1-11,13,16-17H,12H2/t16-,17-/m0/s1. The number of Topliss-reactive ketones (excluding diaryl/α,β-unsaturated/α-hetero) is 1. The lowest BCUT2D eigenvalue weighted by atomic mass is 9.48. The summed E-state index contributed by atoms with van der Waals surface area (Å²) in [6.45, 7) is 0. The molecule has 2 aromatic rings. The van der Waals surface area contributed by atoms with E-state index in [1.807, 2.05) is 36.4 Å². The van der Waals surface area contributed by atoms with Crippen molar-refractivity contribution in [1.29, 1.82) is 0 Å². The van der Waals surface area contributed by atoms with Crippen molar-refractivity contribution in [1.82, 2.24) is 0 Å². The Bertz CT molecular complexity index is 630. The largest absolute Gasteiger partial charge is 0.298 e. The zero-order valence-corrected chi connectivity index (χ0v) is 11.2. The van der Waals surface area contributed by atoms with Crippen LogP contribution in [0.5, 0.6) is 0 Å². The highest BCUT2D eigenvalue weighted by Crippen LogP contribution is 2.57. The first-order chi connectivity index (χ1) is 9.85. The molecule has 20 heavy (non-hydrogen) atoms. The molecule has 0 amide bonds. The van der Waals surface area contributed by atoms with Gasteiger partial charge in [-0.1, -0.05) is 72.8 Å². The maximum atomic E-state index is 12.9. The van der Waals surface area contributed by atoms with Crippen LogP contribution in [0.15, 0.2) is 72.8 Å². The van der Waals surface area contributed by atoms with Gasteiger partial charge in [0, 0.05) is 11.8 Å². The van der Waals surface area contributed by atoms with Crippen molar-refractivity contribution in [2.45, 2.75) is 11.8 Å². The van der Waals surface area contributed by atoms with Gasteiger partial charge < -0.3 is 0 Å². The van der Waals surface area contributed by atoms with Gasteiger partial charge in [0.15, 0.2) is 5.78 Å². The smallest absolute Gasteiger partial charge is 0.152 e. The molecule has 1 saturated carbocycles. The number of carbonyl (C=O) groups excluding carboxylic acids is 1. The minimum atomic E-state index is -0.458. The molecular formula is C19H16O. The zero-order valence-electron chi connectivity index (χ0n) is 11.2. The summed E-state index contributed by atoms with van der Waals surface area (Å²) in [7, 11) is 0. The average Bonchev–Trinajstić information content (AvgIpc) is 2.95. The Labute approximate surface area is 119 Å². The number of hydrogen-bond acceptors (Lipinski definition) is 1. The predicted molar refractivity (Wildman–Crippen MR) is 79.4 cm³/mol. The SMILES string of the molecule is O=C1[C@H]2CC=C[C@@H]2C1(c1ccccc1)c1ccccc1. The summed E-state index contributed by atoms with van der Waals surface area (Å²) >= 11 is 0. The van der Waals surface area contributed by atoms with Crippen molar-refractivity contribution in [3.05, 3.63) is 83.9 Å². The molecule has 2 atom stereocenters. The van der Waals surface area contributed by atoms with E-state index in [0.29, 0.717) is 11.7 Å². The van der Waals surface area contributed by atoms with Crippen molar-refractivity contribution in [3.63, 3.8) is 0 Å². The third kappa shape index (κ3) is 1.30. The topological polar surface area (TPSA) is 17.1 Å². The van der Waals surface area contributed by atoms with Gasteiger partial charge in [0.2, 0.25) is 0 Å². The molecule has 0 unspecified atom stereocenters. The number of carbonyl (C=O) groups is 1. The molecule has 2 aliphatic rings. The molecule has 0 bridgehead atoms. The molecule has 2 aromatic carbocycles. The van der Waals surface area contributed by atoms with E-state index in [0.717, 1.165) is 17.5 Å². The molecule has 0 aliphatic heterocycles. The lowest BCUT2D eigenvalue weighted by molar-refractivity contribution is -0.140. The summed E-state index contributed by atoms with van der Waals surface area (Å²) in [6, 6.07) is 20.5. The number of benzene rings is 2. The Morgan fingerprint density at radius 3 is 1.95 bits per heavy atom. The summed E-state index contributed by atoms with van der Waals surface area (Å²) in [4.78, 5) is 12.9.